The minimum Gasteiger partial charge on any atom is -0.454 e. The normalized spacial score (nSPS) is 29.2. The summed E-state index contributed by atoms with van der Waals surface area (Å²) in [5.74, 6) is 1.53. The zero-order chi connectivity index (χ0) is 13.5. The van der Waals surface area contributed by atoms with Gasteiger partial charge in [0.05, 0.1) is 12.7 Å². The third-order valence-electron chi connectivity index (χ3n) is 3.91. The Labute approximate surface area is 113 Å². The predicted molar refractivity (Wildman–Crippen MR) is 70.3 cm³/mol. The molecule has 2 aliphatic heterocycles. The number of fused-ring (bicyclic) bond motifs is 1. The molecule has 2 aliphatic rings. The Balaban J connectivity index is 1.67. The molecule has 1 saturated heterocycles. The average molecular weight is 264 g/mol. The second-order valence-corrected chi connectivity index (χ2v) is 5.61. The summed E-state index contributed by atoms with van der Waals surface area (Å²) in [4.78, 5) is 0. The molecule has 1 aromatic carbocycles. The number of benzene rings is 1. The molecule has 0 radical (unpaired) electrons. The fourth-order valence-corrected chi connectivity index (χ4v) is 2.39. The van der Waals surface area contributed by atoms with Crippen LogP contribution < -0.4 is 9.47 Å². The maximum Gasteiger partial charge on any atom is 0.231 e. The van der Waals surface area contributed by atoms with E-state index in [9.17, 15) is 0 Å². The molecular formula is C15H20O4. The molecule has 2 heterocycles. The van der Waals surface area contributed by atoms with Gasteiger partial charge >= 0.3 is 0 Å². The standard InChI is InChI=1S/C15H20O4/c1-10(2)15(3)18-8-12(19-15)6-11-4-5-13-14(7-11)17-9-16-13/h4-5,7,10,12H,6,8-9H2,1-3H3. The summed E-state index contributed by atoms with van der Waals surface area (Å²) in [6, 6.07) is 6.04. The van der Waals surface area contributed by atoms with Crippen molar-refractivity contribution in [3.63, 3.8) is 0 Å². The Bertz CT molecular complexity index is 471. The summed E-state index contributed by atoms with van der Waals surface area (Å²) < 4.78 is 22.5. The molecule has 1 fully saturated rings. The van der Waals surface area contributed by atoms with Gasteiger partial charge in [-0.05, 0) is 24.6 Å². The molecule has 0 bridgehead atoms. The Kier molecular flexibility index (Phi) is 3.15. The molecular weight excluding hydrogens is 244 g/mol. The van der Waals surface area contributed by atoms with Crippen LogP contribution in [0.15, 0.2) is 18.2 Å². The maximum atomic E-state index is 6.04. The molecule has 19 heavy (non-hydrogen) atoms. The summed E-state index contributed by atoms with van der Waals surface area (Å²) in [6.45, 7) is 7.19. The highest BCUT2D eigenvalue weighted by atomic mass is 16.7. The topological polar surface area (TPSA) is 36.9 Å². The van der Waals surface area contributed by atoms with Crippen LogP contribution in [0.4, 0.5) is 0 Å². The number of hydrogen-bond acceptors (Lipinski definition) is 4. The van der Waals surface area contributed by atoms with Crippen molar-refractivity contribution in [1.29, 1.82) is 0 Å². The van der Waals surface area contributed by atoms with Crippen molar-refractivity contribution in [1.82, 2.24) is 0 Å². The maximum absolute atomic E-state index is 6.04. The van der Waals surface area contributed by atoms with E-state index in [4.69, 9.17) is 18.9 Å². The zero-order valence-corrected chi connectivity index (χ0v) is 11.6. The van der Waals surface area contributed by atoms with Crippen LogP contribution in [-0.4, -0.2) is 25.3 Å². The lowest BCUT2D eigenvalue weighted by atomic mass is 10.1. The van der Waals surface area contributed by atoms with Crippen LogP contribution in [0.25, 0.3) is 0 Å². The lowest BCUT2D eigenvalue weighted by Gasteiger charge is -2.27. The molecule has 0 amide bonds. The summed E-state index contributed by atoms with van der Waals surface area (Å²) in [5.41, 5.74) is 1.19. The van der Waals surface area contributed by atoms with Crippen molar-refractivity contribution >= 4 is 0 Å². The average Bonchev–Trinajstić information content (AvgIpc) is 2.96. The van der Waals surface area contributed by atoms with Crippen LogP contribution in [0.1, 0.15) is 26.3 Å². The number of hydrogen-bond donors (Lipinski definition) is 0. The van der Waals surface area contributed by atoms with Gasteiger partial charge in [-0.2, -0.15) is 0 Å². The van der Waals surface area contributed by atoms with Crippen molar-refractivity contribution in [2.45, 2.75) is 39.1 Å². The van der Waals surface area contributed by atoms with Crippen molar-refractivity contribution < 1.29 is 18.9 Å². The van der Waals surface area contributed by atoms with Crippen molar-refractivity contribution in [3.05, 3.63) is 23.8 Å². The van der Waals surface area contributed by atoms with E-state index in [0.717, 1.165) is 17.9 Å². The van der Waals surface area contributed by atoms with E-state index in [1.165, 1.54) is 5.56 Å². The quantitative estimate of drug-likeness (QED) is 0.841. The van der Waals surface area contributed by atoms with Gasteiger partial charge in [0, 0.05) is 12.3 Å². The molecule has 1 aromatic rings. The molecule has 2 unspecified atom stereocenters. The Morgan fingerprint density at radius 1 is 1.26 bits per heavy atom. The summed E-state index contributed by atoms with van der Waals surface area (Å²) in [7, 11) is 0. The minimum atomic E-state index is -0.457. The zero-order valence-electron chi connectivity index (χ0n) is 11.6. The van der Waals surface area contributed by atoms with E-state index >= 15 is 0 Å². The van der Waals surface area contributed by atoms with Crippen LogP contribution in [-0.2, 0) is 15.9 Å². The lowest BCUT2D eigenvalue weighted by Crippen LogP contribution is -2.33. The highest BCUT2D eigenvalue weighted by Gasteiger charge is 2.39. The monoisotopic (exact) mass is 264 g/mol. The molecule has 0 spiro atoms. The molecule has 4 nitrogen and oxygen atoms in total. The second kappa shape index (κ2) is 4.69. The van der Waals surface area contributed by atoms with Gasteiger partial charge < -0.3 is 18.9 Å². The Hall–Kier alpha value is -1.26. The molecule has 0 N–H and O–H groups in total. The van der Waals surface area contributed by atoms with Gasteiger partial charge in [0.2, 0.25) is 6.79 Å². The summed E-state index contributed by atoms with van der Waals surface area (Å²) >= 11 is 0. The lowest BCUT2D eigenvalue weighted by molar-refractivity contribution is -0.183. The first kappa shape index (κ1) is 12.8. The van der Waals surface area contributed by atoms with E-state index < -0.39 is 5.79 Å². The first-order chi connectivity index (χ1) is 9.07. The number of ether oxygens (including phenoxy) is 4. The van der Waals surface area contributed by atoms with Crippen LogP contribution in [0, 0.1) is 5.92 Å². The first-order valence-corrected chi connectivity index (χ1v) is 6.77. The smallest absolute Gasteiger partial charge is 0.231 e. The highest BCUT2D eigenvalue weighted by Crippen LogP contribution is 2.35. The SMILES string of the molecule is CC(C)C1(C)OCC(Cc2ccc3c(c2)OCO3)O1. The van der Waals surface area contributed by atoms with Gasteiger partial charge in [-0.3, -0.25) is 0 Å². The van der Waals surface area contributed by atoms with Crippen molar-refractivity contribution in [2.75, 3.05) is 13.4 Å². The van der Waals surface area contributed by atoms with Crippen LogP contribution >= 0.6 is 0 Å². The first-order valence-electron chi connectivity index (χ1n) is 6.77. The van der Waals surface area contributed by atoms with Gasteiger partial charge in [0.1, 0.15) is 0 Å². The van der Waals surface area contributed by atoms with E-state index in [1.54, 1.807) is 0 Å². The summed E-state index contributed by atoms with van der Waals surface area (Å²) in [6.07, 6.45) is 0.937. The summed E-state index contributed by atoms with van der Waals surface area (Å²) in [5, 5.41) is 0. The van der Waals surface area contributed by atoms with E-state index in [1.807, 2.05) is 19.1 Å². The Morgan fingerprint density at radius 2 is 2.05 bits per heavy atom. The minimum absolute atomic E-state index is 0.104. The molecule has 0 saturated carbocycles. The van der Waals surface area contributed by atoms with Gasteiger partial charge in [0.25, 0.3) is 0 Å². The van der Waals surface area contributed by atoms with Crippen LogP contribution in [0.3, 0.4) is 0 Å². The fraction of sp³-hybridized carbons (Fsp3) is 0.600. The molecule has 0 aliphatic carbocycles. The second-order valence-electron chi connectivity index (χ2n) is 5.61. The molecule has 4 heteroatoms. The predicted octanol–water partition coefficient (Wildman–Crippen LogP) is 2.75. The van der Waals surface area contributed by atoms with Gasteiger partial charge in [-0.15, -0.1) is 0 Å². The van der Waals surface area contributed by atoms with Crippen LogP contribution in [0.5, 0.6) is 11.5 Å². The van der Waals surface area contributed by atoms with Crippen molar-refractivity contribution in [2.24, 2.45) is 5.92 Å². The van der Waals surface area contributed by atoms with Crippen LogP contribution in [0.2, 0.25) is 0 Å². The molecule has 2 atom stereocenters. The third kappa shape index (κ3) is 2.42. The Morgan fingerprint density at radius 3 is 2.79 bits per heavy atom. The van der Waals surface area contributed by atoms with E-state index in [2.05, 4.69) is 19.9 Å². The largest absolute Gasteiger partial charge is 0.454 e. The van der Waals surface area contributed by atoms with E-state index in [-0.39, 0.29) is 6.10 Å². The fourth-order valence-electron chi connectivity index (χ4n) is 2.39. The molecule has 3 rings (SSSR count). The molecule has 0 aromatic heterocycles. The van der Waals surface area contributed by atoms with Gasteiger partial charge in [-0.25, -0.2) is 0 Å². The van der Waals surface area contributed by atoms with E-state index in [0.29, 0.717) is 19.3 Å². The third-order valence-corrected chi connectivity index (χ3v) is 3.91. The number of rotatable bonds is 3. The molecule has 104 valence electrons. The van der Waals surface area contributed by atoms with Crippen molar-refractivity contribution in [3.8, 4) is 11.5 Å². The van der Waals surface area contributed by atoms with Gasteiger partial charge in [-0.1, -0.05) is 19.9 Å². The highest BCUT2D eigenvalue weighted by molar-refractivity contribution is 5.44. The van der Waals surface area contributed by atoms with Gasteiger partial charge in [0.15, 0.2) is 17.3 Å².